The van der Waals surface area contributed by atoms with E-state index in [1.165, 1.54) is 18.2 Å². The maximum absolute atomic E-state index is 13.4. The average molecular weight is 520 g/mol. The Balaban J connectivity index is 1.80. The van der Waals surface area contributed by atoms with Gasteiger partial charge in [0.1, 0.15) is 6.54 Å². The van der Waals surface area contributed by atoms with Gasteiger partial charge in [-0.15, -0.1) is 0 Å². The van der Waals surface area contributed by atoms with Crippen molar-refractivity contribution in [1.29, 1.82) is 0 Å². The van der Waals surface area contributed by atoms with Crippen molar-refractivity contribution in [2.75, 3.05) is 28.8 Å². The third kappa shape index (κ3) is 6.03. The number of hydrogen-bond acceptors (Lipinski definition) is 4. The summed E-state index contributed by atoms with van der Waals surface area (Å²) in [6.07, 6.45) is 0. The van der Waals surface area contributed by atoms with Crippen molar-refractivity contribution >= 4 is 50.5 Å². The number of anilines is 2. The van der Waals surface area contributed by atoms with Gasteiger partial charge in [-0.1, -0.05) is 59.6 Å². The number of carbonyl (C=O) groups is 1. The van der Waals surface area contributed by atoms with Gasteiger partial charge in [0.2, 0.25) is 5.91 Å². The molecule has 3 rings (SSSR count). The van der Waals surface area contributed by atoms with Gasteiger partial charge in [-0.25, -0.2) is 8.42 Å². The molecular weight excluding hydrogens is 493 g/mol. The monoisotopic (exact) mass is 519 g/mol. The van der Waals surface area contributed by atoms with Gasteiger partial charge in [-0.2, -0.15) is 0 Å². The minimum absolute atomic E-state index is 0.0471. The Morgan fingerprint density at radius 3 is 2.15 bits per heavy atom. The minimum atomic E-state index is -4.07. The fraction of sp³-hybridized carbons (Fsp3) is 0.240. The van der Waals surface area contributed by atoms with E-state index in [-0.39, 0.29) is 27.2 Å². The molecule has 1 amide bonds. The van der Waals surface area contributed by atoms with Crippen LogP contribution in [0.4, 0.5) is 11.4 Å². The van der Waals surface area contributed by atoms with Gasteiger partial charge in [-0.3, -0.25) is 9.10 Å². The predicted molar refractivity (Wildman–Crippen MR) is 139 cm³/mol. The molecule has 9 heteroatoms. The predicted octanol–water partition coefficient (Wildman–Crippen LogP) is 5.35. The van der Waals surface area contributed by atoms with E-state index >= 15 is 0 Å². The first kappa shape index (κ1) is 25.9. The van der Waals surface area contributed by atoms with Crippen LogP contribution < -0.4 is 14.5 Å². The zero-order chi connectivity index (χ0) is 24.7. The highest BCUT2D eigenvalue weighted by Gasteiger charge is 2.29. The van der Waals surface area contributed by atoms with E-state index in [1.54, 1.807) is 30.3 Å². The third-order valence-electron chi connectivity index (χ3n) is 5.37. The summed E-state index contributed by atoms with van der Waals surface area (Å²) in [5, 5.41) is 3.05. The Labute approximate surface area is 211 Å². The van der Waals surface area contributed by atoms with E-state index in [4.69, 9.17) is 23.2 Å². The normalized spacial score (nSPS) is 11.2. The second-order valence-corrected chi connectivity index (χ2v) is 10.2. The van der Waals surface area contributed by atoms with E-state index in [1.807, 2.05) is 24.3 Å². The molecule has 0 fully saturated rings. The summed E-state index contributed by atoms with van der Waals surface area (Å²) in [5.74, 6) is -0.469. The molecule has 0 saturated heterocycles. The minimum Gasteiger partial charge on any atom is -0.372 e. The summed E-state index contributed by atoms with van der Waals surface area (Å²) < 4.78 is 27.8. The molecule has 0 aromatic heterocycles. The lowest BCUT2D eigenvalue weighted by molar-refractivity contribution is -0.119. The van der Waals surface area contributed by atoms with Gasteiger partial charge >= 0.3 is 0 Å². The van der Waals surface area contributed by atoms with Crippen LogP contribution >= 0.6 is 23.2 Å². The highest BCUT2D eigenvalue weighted by atomic mass is 35.5. The molecule has 0 aliphatic carbocycles. The first-order valence-corrected chi connectivity index (χ1v) is 13.1. The van der Waals surface area contributed by atoms with Gasteiger partial charge in [0, 0.05) is 25.3 Å². The lowest BCUT2D eigenvalue weighted by Crippen LogP contribution is -2.40. The zero-order valence-corrected chi connectivity index (χ0v) is 21.4. The second kappa shape index (κ2) is 11.6. The molecule has 0 heterocycles. The van der Waals surface area contributed by atoms with Crippen LogP contribution in [-0.2, 0) is 21.4 Å². The van der Waals surface area contributed by atoms with Crippen molar-refractivity contribution in [3.8, 4) is 0 Å². The maximum Gasteiger partial charge on any atom is 0.264 e. The summed E-state index contributed by atoms with van der Waals surface area (Å²) in [7, 11) is -4.07. The molecule has 0 aliphatic rings. The molecule has 1 N–H and O–H groups in total. The van der Waals surface area contributed by atoms with Gasteiger partial charge in [-0.05, 0) is 55.8 Å². The van der Waals surface area contributed by atoms with Gasteiger partial charge in [0.15, 0.2) is 0 Å². The highest BCUT2D eigenvalue weighted by Crippen LogP contribution is 2.35. The molecule has 0 spiro atoms. The molecule has 6 nitrogen and oxygen atoms in total. The molecule has 3 aromatic carbocycles. The SMILES string of the molecule is CCN(CC)c1ccc(CNC(=O)CN(c2cccc(Cl)c2Cl)S(=O)(=O)c2ccccc2)cc1. The molecule has 0 unspecified atom stereocenters. The molecule has 0 radical (unpaired) electrons. The van der Waals surface area contributed by atoms with Crippen LogP contribution in [-0.4, -0.2) is 34.0 Å². The number of carbonyl (C=O) groups excluding carboxylic acids is 1. The topological polar surface area (TPSA) is 69.7 Å². The first-order valence-electron chi connectivity index (χ1n) is 10.9. The van der Waals surface area contributed by atoms with Crippen LogP contribution in [0.1, 0.15) is 19.4 Å². The van der Waals surface area contributed by atoms with Crippen molar-refractivity contribution in [3.63, 3.8) is 0 Å². The Bertz CT molecular complexity index is 1220. The van der Waals surface area contributed by atoms with E-state index in [0.29, 0.717) is 0 Å². The van der Waals surface area contributed by atoms with Crippen LogP contribution in [0.25, 0.3) is 0 Å². The number of amides is 1. The quantitative estimate of drug-likeness (QED) is 0.391. The van der Waals surface area contributed by atoms with Gasteiger partial charge in [0.25, 0.3) is 10.0 Å². The number of nitrogens with zero attached hydrogens (tertiary/aromatic N) is 2. The first-order chi connectivity index (χ1) is 16.3. The molecule has 0 bridgehead atoms. The lowest BCUT2D eigenvalue weighted by atomic mass is 10.2. The number of benzene rings is 3. The third-order valence-corrected chi connectivity index (χ3v) is 7.96. The lowest BCUT2D eigenvalue weighted by Gasteiger charge is -2.25. The Hall–Kier alpha value is -2.74. The average Bonchev–Trinajstić information content (AvgIpc) is 2.85. The van der Waals surface area contributed by atoms with Crippen molar-refractivity contribution in [2.24, 2.45) is 0 Å². The van der Waals surface area contributed by atoms with Crippen LogP contribution in [0.5, 0.6) is 0 Å². The summed E-state index contributed by atoms with van der Waals surface area (Å²) in [6, 6.07) is 20.5. The van der Waals surface area contributed by atoms with Crippen LogP contribution in [0, 0.1) is 0 Å². The molecule has 3 aromatic rings. The summed E-state index contributed by atoms with van der Waals surface area (Å²) in [6.45, 7) is 5.82. The van der Waals surface area contributed by atoms with Crippen LogP contribution in [0.3, 0.4) is 0 Å². The number of rotatable bonds is 10. The molecule has 180 valence electrons. The largest absolute Gasteiger partial charge is 0.372 e. The molecule has 0 saturated carbocycles. The van der Waals surface area contributed by atoms with E-state index in [9.17, 15) is 13.2 Å². The van der Waals surface area contributed by atoms with Crippen molar-refractivity contribution < 1.29 is 13.2 Å². The zero-order valence-electron chi connectivity index (χ0n) is 19.0. The van der Waals surface area contributed by atoms with Crippen LogP contribution in [0.15, 0.2) is 77.7 Å². The fourth-order valence-corrected chi connectivity index (χ4v) is 5.41. The molecular formula is C25H27Cl2N3O3S. The van der Waals surface area contributed by atoms with Gasteiger partial charge < -0.3 is 10.2 Å². The standard InChI is InChI=1S/C25H27Cl2N3O3S/c1-3-29(4-2)20-15-13-19(14-16-20)17-28-24(31)18-30(23-12-8-11-22(26)25(23)27)34(32,33)21-9-6-5-7-10-21/h5-16H,3-4,17-18H2,1-2H3,(H,28,31). The number of sulfonamides is 1. The smallest absolute Gasteiger partial charge is 0.264 e. The Morgan fingerprint density at radius 1 is 0.882 bits per heavy atom. The maximum atomic E-state index is 13.4. The highest BCUT2D eigenvalue weighted by molar-refractivity contribution is 7.92. The van der Waals surface area contributed by atoms with Crippen LogP contribution in [0.2, 0.25) is 10.0 Å². The van der Waals surface area contributed by atoms with Crippen molar-refractivity contribution in [3.05, 3.63) is 88.4 Å². The van der Waals surface area contributed by atoms with Crippen molar-refractivity contribution in [1.82, 2.24) is 5.32 Å². The van der Waals surface area contributed by atoms with Gasteiger partial charge in [0.05, 0.1) is 20.6 Å². The van der Waals surface area contributed by atoms with E-state index in [0.717, 1.165) is 28.6 Å². The number of hydrogen-bond donors (Lipinski definition) is 1. The Morgan fingerprint density at radius 2 is 1.53 bits per heavy atom. The number of nitrogens with one attached hydrogen (secondary N) is 1. The van der Waals surface area contributed by atoms with E-state index in [2.05, 4.69) is 24.1 Å². The summed E-state index contributed by atoms with van der Waals surface area (Å²) in [4.78, 5) is 15.1. The molecule has 0 atom stereocenters. The fourth-order valence-electron chi connectivity index (χ4n) is 3.50. The number of halogens is 2. The summed E-state index contributed by atoms with van der Waals surface area (Å²) in [5.41, 5.74) is 2.15. The van der Waals surface area contributed by atoms with E-state index < -0.39 is 22.5 Å². The van der Waals surface area contributed by atoms with Crippen molar-refractivity contribution in [2.45, 2.75) is 25.3 Å². The summed E-state index contributed by atoms with van der Waals surface area (Å²) >= 11 is 12.5. The second-order valence-electron chi connectivity index (χ2n) is 7.51. The molecule has 0 aliphatic heterocycles. The Kier molecular flexibility index (Phi) is 8.83. The molecule has 34 heavy (non-hydrogen) atoms.